The number of pyridine rings is 1. The van der Waals surface area contributed by atoms with Crippen molar-refractivity contribution in [1.29, 1.82) is 0 Å². The number of aromatic nitrogens is 1. The predicted octanol–water partition coefficient (Wildman–Crippen LogP) is 1.68. The molecule has 0 atom stereocenters. The van der Waals surface area contributed by atoms with E-state index in [2.05, 4.69) is 16.9 Å². The second-order valence-corrected chi connectivity index (χ2v) is 3.61. The minimum Gasteiger partial charge on any atom is -0.342 e. The number of anilines is 2. The molecule has 0 saturated heterocycles. The largest absolute Gasteiger partial charge is 0.342 e. The van der Waals surface area contributed by atoms with Gasteiger partial charge in [-0.3, -0.25) is 4.79 Å². The highest BCUT2D eigenvalue weighted by molar-refractivity contribution is 6.29. The third-order valence-corrected chi connectivity index (χ3v) is 2.31. The molecule has 0 aliphatic carbocycles. The minimum atomic E-state index is -0.0477. The molecule has 1 aliphatic rings. The van der Waals surface area contributed by atoms with Crippen molar-refractivity contribution >= 4 is 29.0 Å². The highest BCUT2D eigenvalue weighted by Crippen LogP contribution is 2.28. The second kappa shape index (κ2) is 3.90. The Balaban J connectivity index is 2.42. The summed E-state index contributed by atoms with van der Waals surface area (Å²) in [5.74, 6) is 0.649. The van der Waals surface area contributed by atoms with Crippen molar-refractivity contribution in [1.82, 2.24) is 4.98 Å². The van der Waals surface area contributed by atoms with Crippen molar-refractivity contribution in [3.8, 4) is 0 Å². The van der Waals surface area contributed by atoms with Crippen molar-refractivity contribution in [2.45, 2.75) is 0 Å². The lowest BCUT2D eigenvalue weighted by Gasteiger charge is -2.28. The number of amides is 1. The third kappa shape index (κ3) is 1.94. The number of carbonyl (C=O) groups excluding carboxylic acids is 1. The van der Waals surface area contributed by atoms with Crippen molar-refractivity contribution in [2.75, 3.05) is 23.3 Å². The van der Waals surface area contributed by atoms with Crippen LogP contribution >= 0.6 is 11.6 Å². The van der Waals surface area contributed by atoms with Crippen LogP contribution in [0.15, 0.2) is 24.8 Å². The van der Waals surface area contributed by atoms with E-state index in [1.807, 2.05) is 4.90 Å². The molecule has 1 aromatic rings. The van der Waals surface area contributed by atoms with Gasteiger partial charge in [-0.25, -0.2) is 4.98 Å². The molecule has 1 aromatic heterocycles. The first kappa shape index (κ1) is 9.98. The van der Waals surface area contributed by atoms with Crippen LogP contribution in [0, 0.1) is 0 Å². The molecule has 4 nitrogen and oxygen atoms in total. The van der Waals surface area contributed by atoms with Crippen LogP contribution in [0.25, 0.3) is 0 Å². The molecule has 78 valence electrons. The zero-order valence-electron chi connectivity index (χ0n) is 8.03. The van der Waals surface area contributed by atoms with E-state index < -0.39 is 0 Å². The molecule has 1 N–H and O–H groups in total. The van der Waals surface area contributed by atoms with E-state index >= 15 is 0 Å². The zero-order chi connectivity index (χ0) is 10.8. The zero-order valence-corrected chi connectivity index (χ0v) is 8.79. The van der Waals surface area contributed by atoms with Crippen LogP contribution in [-0.2, 0) is 4.79 Å². The summed E-state index contributed by atoms with van der Waals surface area (Å²) < 4.78 is 0. The first-order chi connectivity index (χ1) is 7.20. The summed E-state index contributed by atoms with van der Waals surface area (Å²) >= 11 is 5.80. The maximum atomic E-state index is 11.3. The quantitative estimate of drug-likeness (QED) is 0.613. The highest BCUT2D eigenvalue weighted by atomic mass is 35.5. The van der Waals surface area contributed by atoms with Crippen LogP contribution in [-0.4, -0.2) is 24.0 Å². The van der Waals surface area contributed by atoms with Gasteiger partial charge < -0.3 is 10.2 Å². The summed E-state index contributed by atoms with van der Waals surface area (Å²) in [7, 11) is 0. The summed E-state index contributed by atoms with van der Waals surface area (Å²) in [5.41, 5.74) is 0.692. The Labute approximate surface area is 92.6 Å². The normalized spacial score (nSPS) is 14.5. The molecule has 2 heterocycles. The topological polar surface area (TPSA) is 45.2 Å². The van der Waals surface area contributed by atoms with Crippen molar-refractivity contribution in [3.05, 3.63) is 29.9 Å². The Morgan fingerprint density at radius 2 is 2.47 bits per heavy atom. The average molecular weight is 224 g/mol. The lowest BCUT2D eigenvalue weighted by atomic mass is 10.2. The SMILES string of the molecule is C=CCN1CC(=O)Nc2ccc(Cl)nc21. The Kier molecular flexibility index (Phi) is 2.60. The van der Waals surface area contributed by atoms with Gasteiger partial charge in [0.05, 0.1) is 12.2 Å². The van der Waals surface area contributed by atoms with Gasteiger partial charge in [0.25, 0.3) is 0 Å². The second-order valence-electron chi connectivity index (χ2n) is 3.22. The number of rotatable bonds is 2. The van der Waals surface area contributed by atoms with Crippen LogP contribution in [0.5, 0.6) is 0 Å². The van der Waals surface area contributed by atoms with Gasteiger partial charge >= 0.3 is 0 Å². The first-order valence-corrected chi connectivity index (χ1v) is 4.91. The summed E-state index contributed by atoms with van der Waals surface area (Å²) in [6.45, 7) is 4.50. The molecule has 1 aliphatic heterocycles. The van der Waals surface area contributed by atoms with Gasteiger partial charge in [-0.1, -0.05) is 17.7 Å². The maximum Gasteiger partial charge on any atom is 0.244 e. The molecular formula is C10H10ClN3O. The van der Waals surface area contributed by atoms with Crippen molar-refractivity contribution in [3.63, 3.8) is 0 Å². The number of nitrogens with one attached hydrogen (secondary N) is 1. The fourth-order valence-corrected chi connectivity index (χ4v) is 1.65. The van der Waals surface area contributed by atoms with E-state index in [1.54, 1.807) is 18.2 Å². The number of hydrogen-bond donors (Lipinski definition) is 1. The fourth-order valence-electron chi connectivity index (χ4n) is 1.51. The molecule has 2 rings (SSSR count). The Morgan fingerprint density at radius 3 is 3.20 bits per heavy atom. The van der Waals surface area contributed by atoms with E-state index in [9.17, 15) is 4.79 Å². The molecule has 0 radical (unpaired) electrons. The molecule has 5 heteroatoms. The van der Waals surface area contributed by atoms with Gasteiger partial charge in [0, 0.05) is 6.54 Å². The van der Waals surface area contributed by atoms with Gasteiger partial charge in [-0.2, -0.15) is 0 Å². The summed E-state index contributed by atoms with van der Waals surface area (Å²) in [5, 5.41) is 3.16. The van der Waals surface area contributed by atoms with E-state index in [0.29, 0.717) is 23.2 Å². The van der Waals surface area contributed by atoms with E-state index in [4.69, 9.17) is 11.6 Å². The van der Waals surface area contributed by atoms with Gasteiger partial charge in [0.15, 0.2) is 5.82 Å². The van der Waals surface area contributed by atoms with Crippen LogP contribution in [0.3, 0.4) is 0 Å². The number of nitrogens with zero attached hydrogens (tertiary/aromatic N) is 2. The monoisotopic (exact) mass is 223 g/mol. The molecule has 15 heavy (non-hydrogen) atoms. The highest BCUT2D eigenvalue weighted by Gasteiger charge is 2.22. The fraction of sp³-hybridized carbons (Fsp3) is 0.200. The summed E-state index contributed by atoms with van der Waals surface area (Å²) in [4.78, 5) is 17.4. The van der Waals surface area contributed by atoms with Crippen LogP contribution in [0.2, 0.25) is 5.15 Å². The average Bonchev–Trinajstić information content (AvgIpc) is 2.19. The van der Waals surface area contributed by atoms with Crippen molar-refractivity contribution < 1.29 is 4.79 Å². The van der Waals surface area contributed by atoms with Crippen molar-refractivity contribution in [2.24, 2.45) is 0 Å². The minimum absolute atomic E-state index is 0.0477. The standard InChI is InChI=1S/C10H10ClN3O/c1-2-5-14-6-9(15)12-7-3-4-8(11)13-10(7)14/h2-4H,1,5-6H2,(H,12,15). The van der Waals surface area contributed by atoms with Gasteiger partial charge in [-0.05, 0) is 12.1 Å². The smallest absolute Gasteiger partial charge is 0.244 e. The van der Waals surface area contributed by atoms with Gasteiger partial charge in [0.1, 0.15) is 5.15 Å². The third-order valence-electron chi connectivity index (χ3n) is 2.10. The first-order valence-electron chi connectivity index (χ1n) is 4.53. The van der Waals surface area contributed by atoms with E-state index in [0.717, 1.165) is 0 Å². The Morgan fingerprint density at radius 1 is 1.67 bits per heavy atom. The molecule has 0 spiro atoms. The van der Waals surface area contributed by atoms with Gasteiger partial charge in [0.2, 0.25) is 5.91 Å². The lowest BCUT2D eigenvalue weighted by Crippen LogP contribution is -2.38. The number of hydrogen-bond acceptors (Lipinski definition) is 3. The van der Waals surface area contributed by atoms with E-state index in [-0.39, 0.29) is 12.5 Å². The maximum absolute atomic E-state index is 11.3. The van der Waals surface area contributed by atoms with Gasteiger partial charge in [-0.15, -0.1) is 6.58 Å². The Hall–Kier alpha value is -1.55. The summed E-state index contributed by atoms with van der Waals surface area (Å²) in [6.07, 6.45) is 1.73. The molecule has 0 saturated carbocycles. The van der Waals surface area contributed by atoms with E-state index in [1.165, 1.54) is 0 Å². The molecule has 0 bridgehead atoms. The van der Waals surface area contributed by atoms with Crippen LogP contribution in [0.4, 0.5) is 11.5 Å². The molecule has 1 amide bonds. The molecule has 0 unspecified atom stereocenters. The molecular weight excluding hydrogens is 214 g/mol. The number of halogens is 1. The molecule has 0 fully saturated rings. The van der Waals surface area contributed by atoms with Crippen LogP contribution in [0.1, 0.15) is 0 Å². The Bertz CT molecular complexity index is 419. The molecule has 0 aromatic carbocycles. The number of carbonyl (C=O) groups is 1. The van der Waals surface area contributed by atoms with Crippen LogP contribution < -0.4 is 10.2 Å². The number of fused-ring (bicyclic) bond motifs is 1. The predicted molar refractivity (Wildman–Crippen MR) is 60.3 cm³/mol. The summed E-state index contributed by atoms with van der Waals surface area (Å²) in [6, 6.07) is 3.40. The lowest BCUT2D eigenvalue weighted by molar-refractivity contribution is -0.115.